The van der Waals surface area contributed by atoms with Gasteiger partial charge < -0.3 is 35.8 Å². The van der Waals surface area contributed by atoms with Crippen molar-refractivity contribution in [3.63, 3.8) is 0 Å². The zero-order valence-corrected chi connectivity index (χ0v) is 23.3. The third kappa shape index (κ3) is 6.48. The molecule has 1 aromatic heterocycles. The molecule has 1 aromatic carbocycles. The summed E-state index contributed by atoms with van der Waals surface area (Å²) in [6.07, 6.45) is 1.64. The number of hydrogen-bond acceptors (Lipinski definition) is 8. The molecule has 12 nitrogen and oxygen atoms in total. The summed E-state index contributed by atoms with van der Waals surface area (Å²) >= 11 is 0. The van der Waals surface area contributed by atoms with E-state index in [2.05, 4.69) is 15.5 Å². The topological polar surface area (TPSA) is 159 Å². The fourth-order valence-electron chi connectivity index (χ4n) is 5.64. The van der Waals surface area contributed by atoms with Gasteiger partial charge in [-0.3, -0.25) is 14.5 Å². The Hall–Kier alpha value is -4.06. The molecule has 2 fully saturated rings. The minimum absolute atomic E-state index is 0.0375. The van der Waals surface area contributed by atoms with Gasteiger partial charge in [0, 0.05) is 57.3 Å². The summed E-state index contributed by atoms with van der Waals surface area (Å²) < 4.78 is 0. The molecule has 1 saturated carbocycles. The number of aromatic hydroxyl groups is 1. The van der Waals surface area contributed by atoms with Crippen molar-refractivity contribution in [2.45, 2.75) is 63.8 Å². The number of aromatic nitrogens is 1. The van der Waals surface area contributed by atoms with Crippen LogP contribution in [0.4, 0.5) is 16.4 Å². The quantitative estimate of drug-likeness (QED) is 0.322. The second-order valence-electron chi connectivity index (χ2n) is 11.0. The van der Waals surface area contributed by atoms with Gasteiger partial charge in [-0.1, -0.05) is 13.0 Å². The fraction of sp³-hybridized carbons (Fsp3) is 0.517. The summed E-state index contributed by atoms with van der Waals surface area (Å²) in [7, 11) is 0. The predicted molar refractivity (Wildman–Crippen MR) is 152 cm³/mol. The number of carbonyl (C=O) groups is 3. The predicted octanol–water partition coefficient (Wildman–Crippen LogP) is 2.01. The number of carbonyl (C=O) groups excluding carboxylic acids is 2. The number of anilines is 2. The number of benzene rings is 1. The second kappa shape index (κ2) is 12.2. The monoisotopic (exact) mass is 566 g/mol. The maximum Gasteiger partial charge on any atom is 0.407 e. The normalized spacial score (nSPS) is 19.7. The van der Waals surface area contributed by atoms with Gasteiger partial charge in [0.1, 0.15) is 17.4 Å². The van der Waals surface area contributed by atoms with E-state index in [-0.39, 0.29) is 31.2 Å². The molecule has 41 heavy (non-hydrogen) atoms. The Bertz CT molecular complexity index is 1290. The van der Waals surface area contributed by atoms with Crippen LogP contribution < -0.4 is 15.5 Å². The molecule has 220 valence electrons. The molecule has 3 amide bonds. The molecular weight excluding hydrogens is 528 g/mol. The summed E-state index contributed by atoms with van der Waals surface area (Å²) in [4.78, 5) is 47.2. The van der Waals surface area contributed by atoms with E-state index in [0.29, 0.717) is 61.4 Å². The number of carboxylic acid groups (broad SMARTS) is 1. The van der Waals surface area contributed by atoms with Crippen molar-refractivity contribution >= 4 is 29.5 Å². The SMILES string of the molecule is CCC(=O)N1CCN(c2cc(C(=O)NC[C@@H](O)[C@@H]3Cc4ccc(O)cc4CN3C(=O)O)cc(NC3CCC3)n2)CC1. The first-order valence-corrected chi connectivity index (χ1v) is 14.3. The van der Waals surface area contributed by atoms with Gasteiger partial charge >= 0.3 is 6.09 Å². The molecule has 5 N–H and O–H groups in total. The molecule has 0 radical (unpaired) electrons. The van der Waals surface area contributed by atoms with Crippen molar-refractivity contribution in [1.29, 1.82) is 0 Å². The molecule has 2 aliphatic heterocycles. The van der Waals surface area contributed by atoms with Gasteiger partial charge in [-0.05, 0) is 61.1 Å². The van der Waals surface area contributed by atoms with Gasteiger partial charge in [0.25, 0.3) is 5.91 Å². The molecule has 2 atom stereocenters. The highest BCUT2D eigenvalue weighted by molar-refractivity contribution is 5.95. The molecule has 2 aromatic rings. The largest absolute Gasteiger partial charge is 0.508 e. The smallest absolute Gasteiger partial charge is 0.407 e. The molecule has 0 spiro atoms. The van der Waals surface area contributed by atoms with Crippen LogP contribution in [0.25, 0.3) is 0 Å². The van der Waals surface area contributed by atoms with Crippen molar-refractivity contribution in [3.8, 4) is 5.75 Å². The number of fused-ring (bicyclic) bond motifs is 1. The molecule has 0 bridgehead atoms. The van der Waals surface area contributed by atoms with Crippen LogP contribution in [0.5, 0.6) is 5.75 Å². The van der Waals surface area contributed by atoms with E-state index < -0.39 is 24.1 Å². The summed E-state index contributed by atoms with van der Waals surface area (Å²) in [5.41, 5.74) is 1.92. The first-order valence-electron chi connectivity index (χ1n) is 14.3. The minimum Gasteiger partial charge on any atom is -0.508 e. The van der Waals surface area contributed by atoms with Crippen LogP contribution in [0.2, 0.25) is 0 Å². The average Bonchev–Trinajstić information content (AvgIpc) is 2.96. The Morgan fingerprint density at radius 2 is 1.83 bits per heavy atom. The summed E-state index contributed by atoms with van der Waals surface area (Å²) in [6, 6.07) is 7.79. The maximum absolute atomic E-state index is 13.3. The van der Waals surface area contributed by atoms with Crippen LogP contribution in [0.15, 0.2) is 30.3 Å². The van der Waals surface area contributed by atoms with E-state index in [4.69, 9.17) is 4.98 Å². The van der Waals surface area contributed by atoms with Gasteiger partial charge in [0.2, 0.25) is 5.91 Å². The van der Waals surface area contributed by atoms with E-state index in [9.17, 15) is 29.7 Å². The maximum atomic E-state index is 13.3. The molecule has 3 heterocycles. The van der Waals surface area contributed by atoms with Crippen LogP contribution >= 0.6 is 0 Å². The van der Waals surface area contributed by atoms with Crippen molar-refractivity contribution in [3.05, 3.63) is 47.0 Å². The van der Waals surface area contributed by atoms with Crippen LogP contribution in [0.3, 0.4) is 0 Å². The highest BCUT2D eigenvalue weighted by Gasteiger charge is 2.35. The first-order chi connectivity index (χ1) is 19.7. The third-order valence-corrected chi connectivity index (χ3v) is 8.31. The Labute approximate surface area is 239 Å². The van der Waals surface area contributed by atoms with Crippen molar-refractivity contribution < 1.29 is 29.7 Å². The highest BCUT2D eigenvalue weighted by atomic mass is 16.4. The molecule has 3 aliphatic rings. The zero-order chi connectivity index (χ0) is 29.1. The van der Waals surface area contributed by atoms with E-state index in [1.165, 1.54) is 12.1 Å². The van der Waals surface area contributed by atoms with Crippen LogP contribution in [-0.4, -0.2) is 98.9 Å². The molecule has 12 heteroatoms. The van der Waals surface area contributed by atoms with Crippen LogP contribution in [0, 0.1) is 0 Å². The van der Waals surface area contributed by atoms with Crippen molar-refractivity contribution in [2.75, 3.05) is 42.9 Å². The Morgan fingerprint density at radius 1 is 1.07 bits per heavy atom. The number of hydrogen-bond donors (Lipinski definition) is 5. The Balaban J connectivity index is 1.28. The number of aliphatic hydroxyl groups is 1. The summed E-state index contributed by atoms with van der Waals surface area (Å²) in [5.74, 6) is 1.03. The zero-order valence-electron chi connectivity index (χ0n) is 23.3. The van der Waals surface area contributed by atoms with Gasteiger partial charge in [-0.15, -0.1) is 0 Å². The lowest BCUT2D eigenvalue weighted by Gasteiger charge is -2.37. The highest BCUT2D eigenvalue weighted by Crippen LogP contribution is 2.29. The third-order valence-electron chi connectivity index (χ3n) is 8.31. The van der Waals surface area contributed by atoms with E-state index in [1.54, 1.807) is 18.2 Å². The number of nitrogens with zero attached hydrogens (tertiary/aromatic N) is 4. The molecule has 1 aliphatic carbocycles. The van der Waals surface area contributed by atoms with E-state index >= 15 is 0 Å². The van der Waals surface area contributed by atoms with Gasteiger partial charge in [-0.25, -0.2) is 9.78 Å². The summed E-state index contributed by atoms with van der Waals surface area (Å²) in [5, 5.41) is 36.8. The number of pyridine rings is 1. The lowest BCUT2D eigenvalue weighted by Crippen LogP contribution is -2.53. The number of piperazine rings is 1. The second-order valence-corrected chi connectivity index (χ2v) is 11.0. The number of aliphatic hydroxyl groups excluding tert-OH is 1. The number of rotatable bonds is 8. The first kappa shape index (κ1) is 28.5. The molecular formula is C29H38N6O6. The van der Waals surface area contributed by atoms with Crippen LogP contribution in [-0.2, 0) is 17.8 Å². The van der Waals surface area contributed by atoms with Gasteiger partial charge in [-0.2, -0.15) is 0 Å². The lowest BCUT2D eigenvalue weighted by atomic mass is 9.91. The average molecular weight is 567 g/mol. The van der Waals surface area contributed by atoms with Crippen LogP contribution in [0.1, 0.15) is 54.1 Å². The lowest BCUT2D eigenvalue weighted by molar-refractivity contribution is -0.131. The number of phenols is 1. The van der Waals surface area contributed by atoms with Crippen molar-refractivity contribution in [1.82, 2.24) is 20.1 Å². The number of phenolic OH excluding ortho intramolecular Hbond substituents is 1. The fourth-order valence-corrected chi connectivity index (χ4v) is 5.64. The van der Waals surface area contributed by atoms with E-state index in [1.807, 2.05) is 11.8 Å². The number of amides is 3. The minimum atomic E-state index is -1.18. The molecule has 1 saturated heterocycles. The van der Waals surface area contributed by atoms with Crippen molar-refractivity contribution in [2.24, 2.45) is 0 Å². The van der Waals surface area contributed by atoms with Gasteiger partial charge in [0.05, 0.1) is 12.1 Å². The number of nitrogens with one attached hydrogen (secondary N) is 2. The Morgan fingerprint density at radius 3 is 2.49 bits per heavy atom. The Kier molecular flexibility index (Phi) is 8.48. The molecule has 5 rings (SSSR count). The van der Waals surface area contributed by atoms with Gasteiger partial charge in [0.15, 0.2) is 0 Å². The molecule has 0 unspecified atom stereocenters. The summed E-state index contributed by atoms with van der Waals surface area (Å²) in [6.45, 7) is 4.15. The van der Waals surface area contributed by atoms with E-state index in [0.717, 1.165) is 29.7 Å². The standard InChI is InChI=1S/C29H38N6O6/c1-2-27(38)34-10-8-33(9-11-34)26-15-19(14-25(32-26)31-21-4-3-5-21)28(39)30-16-24(37)23-13-18-6-7-22(36)12-20(18)17-35(23)29(40)41/h6-7,12,14-15,21,23-24,36-37H,2-5,8-11,13,16-17H2,1H3,(H,30,39)(H,31,32)(H,40,41)/t23-,24+/m0/s1.